The Morgan fingerprint density at radius 3 is 2.39 bits per heavy atom. The normalized spacial score (nSPS) is 42.8. The highest BCUT2D eigenvalue weighted by Crippen LogP contribution is 2.43. The molecule has 3 rings (SSSR count). The van der Waals surface area contributed by atoms with Crippen molar-refractivity contribution < 1.29 is 0 Å². The lowest BCUT2D eigenvalue weighted by Gasteiger charge is -2.54. The molecule has 1 N–H and O–H groups in total. The molecule has 0 bridgehead atoms. The van der Waals surface area contributed by atoms with E-state index in [0.29, 0.717) is 11.1 Å². The van der Waals surface area contributed by atoms with Crippen LogP contribution >= 0.6 is 0 Å². The first kappa shape index (κ1) is 12.9. The van der Waals surface area contributed by atoms with E-state index in [0.717, 1.165) is 11.8 Å². The van der Waals surface area contributed by atoms with E-state index in [1.165, 1.54) is 58.2 Å². The number of hydrogen-bond acceptors (Lipinski definition) is 2. The quantitative estimate of drug-likeness (QED) is 0.825. The lowest BCUT2D eigenvalue weighted by Crippen LogP contribution is -2.69. The zero-order valence-electron chi connectivity index (χ0n) is 12.5. The van der Waals surface area contributed by atoms with Crippen LogP contribution in [0.1, 0.15) is 59.3 Å². The first-order valence-electron chi connectivity index (χ1n) is 8.06. The van der Waals surface area contributed by atoms with Gasteiger partial charge >= 0.3 is 0 Å². The Hall–Kier alpha value is -0.0800. The maximum Gasteiger partial charge on any atom is 0.0309 e. The lowest BCUT2D eigenvalue weighted by atomic mass is 9.80. The second-order valence-electron chi connectivity index (χ2n) is 7.57. The molecule has 0 spiro atoms. The molecule has 2 saturated carbocycles. The fraction of sp³-hybridized carbons (Fsp3) is 1.00. The van der Waals surface area contributed by atoms with E-state index in [4.69, 9.17) is 0 Å². The number of rotatable bonds is 4. The van der Waals surface area contributed by atoms with Gasteiger partial charge in [0.15, 0.2) is 0 Å². The molecule has 3 fully saturated rings. The highest BCUT2D eigenvalue weighted by molar-refractivity contribution is 5.07. The Morgan fingerprint density at radius 2 is 1.89 bits per heavy atom. The van der Waals surface area contributed by atoms with E-state index in [1.54, 1.807) is 0 Å². The molecule has 2 aliphatic carbocycles. The van der Waals surface area contributed by atoms with Crippen molar-refractivity contribution in [3.63, 3.8) is 0 Å². The third-order valence-electron chi connectivity index (χ3n) is 6.10. The largest absolute Gasteiger partial charge is 0.308 e. The van der Waals surface area contributed by atoms with Crippen molar-refractivity contribution >= 4 is 0 Å². The van der Waals surface area contributed by atoms with Gasteiger partial charge in [0.25, 0.3) is 0 Å². The Kier molecular flexibility index (Phi) is 3.22. The first-order chi connectivity index (χ1) is 8.56. The van der Waals surface area contributed by atoms with Crippen LogP contribution in [-0.2, 0) is 0 Å². The van der Waals surface area contributed by atoms with Crippen molar-refractivity contribution in [1.29, 1.82) is 0 Å². The van der Waals surface area contributed by atoms with Gasteiger partial charge in [-0.15, -0.1) is 0 Å². The average Bonchev–Trinajstić information content (AvgIpc) is 3.12. The van der Waals surface area contributed by atoms with Crippen LogP contribution in [0.15, 0.2) is 0 Å². The summed E-state index contributed by atoms with van der Waals surface area (Å²) in [5.74, 6) is 1.94. The van der Waals surface area contributed by atoms with Crippen LogP contribution in [-0.4, -0.2) is 35.6 Å². The molecule has 2 atom stereocenters. The molecular formula is C16H30N2. The van der Waals surface area contributed by atoms with Crippen LogP contribution in [0.5, 0.6) is 0 Å². The summed E-state index contributed by atoms with van der Waals surface area (Å²) in [7, 11) is 0. The van der Waals surface area contributed by atoms with Crippen LogP contribution in [0.2, 0.25) is 0 Å². The van der Waals surface area contributed by atoms with Crippen LogP contribution in [0.4, 0.5) is 0 Å². The van der Waals surface area contributed by atoms with E-state index in [9.17, 15) is 0 Å². The minimum absolute atomic E-state index is 0.393. The predicted molar refractivity (Wildman–Crippen MR) is 76.7 cm³/mol. The summed E-state index contributed by atoms with van der Waals surface area (Å²) in [6, 6.07) is 0. The zero-order chi connectivity index (χ0) is 12.8. The minimum Gasteiger partial charge on any atom is -0.308 e. The maximum absolute atomic E-state index is 3.90. The fourth-order valence-corrected chi connectivity index (χ4v) is 3.76. The van der Waals surface area contributed by atoms with E-state index >= 15 is 0 Å². The molecule has 0 radical (unpaired) electrons. The van der Waals surface area contributed by atoms with Crippen molar-refractivity contribution in [3.05, 3.63) is 0 Å². The molecule has 0 aromatic heterocycles. The monoisotopic (exact) mass is 250 g/mol. The van der Waals surface area contributed by atoms with Crippen molar-refractivity contribution in [2.75, 3.05) is 19.6 Å². The van der Waals surface area contributed by atoms with Gasteiger partial charge in [-0.25, -0.2) is 0 Å². The molecule has 1 heterocycles. The summed E-state index contributed by atoms with van der Waals surface area (Å²) in [5, 5.41) is 3.90. The number of piperazine rings is 1. The number of nitrogens with one attached hydrogen (secondary N) is 1. The van der Waals surface area contributed by atoms with Crippen LogP contribution < -0.4 is 5.32 Å². The second-order valence-corrected chi connectivity index (χ2v) is 7.57. The van der Waals surface area contributed by atoms with Gasteiger partial charge in [0.05, 0.1) is 0 Å². The van der Waals surface area contributed by atoms with Crippen molar-refractivity contribution in [1.82, 2.24) is 10.2 Å². The molecular weight excluding hydrogens is 220 g/mol. The first-order valence-corrected chi connectivity index (χ1v) is 8.06. The average molecular weight is 250 g/mol. The van der Waals surface area contributed by atoms with Crippen molar-refractivity contribution in [2.45, 2.75) is 70.4 Å². The van der Waals surface area contributed by atoms with Gasteiger partial charge in [-0.2, -0.15) is 0 Å². The smallest absolute Gasteiger partial charge is 0.0309 e. The molecule has 0 aromatic rings. The third-order valence-corrected chi connectivity index (χ3v) is 6.10. The summed E-state index contributed by atoms with van der Waals surface area (Å²) in [6.45, 7) is 11.1. The zero-order valence-corrected chi connectivity index (χ0v) is 12.5. The van der Waals surface area contributed by atoms with Gasteiger partial charge in [0.1, 0.15) is 0 Å². The van der Waals surface area contributed by atoms with E-state index in [2.05, 4.69) is 31.0 Å². The van der Waals surface area contributed by atoms with Crippen LogP contribution in [0.25, 0.3) is 0 Å². The summed E-state index contributed by atoms with van der Waals surface area (Å²) < 4.78 is 0. The highest BCUT2D eigenvalue weighted by Gasteiger charge is 2.49. The Morgan fingerprint density at radius 1 is 1.17 bits per heavy atom. The molecule has 2 heteroatoms. The number of nitrogens with zero attached hydrogens (tertiary/aromatic N) is 1. The van der Waals surface area contributed by atoms with E-state index in [1.807, 2.05) is 0 Å². The SMILES string of the molecule is CCC1(C)CNC(C)(C2CC2)CN1CC1CCC1. The Labute approximate surface area is 113 Å². The van der Waals surface area contributed by atoms with E-state index < -0.39 is 0 Å². The van der Waals surface area contributed by atoms with Gasteiger partial charge < -0.3 is 5.32 Å². The number of hydrogen-bond donors (Lipinski definition) is 1. The molecule has 1 aliphatic heterocycles. The molecule has 104 valence electrons. The summed E-state index contributed by atoms with van der Waals surface area (Å²) >= 11 is 0. The summed E-state index contributed by atoms with van der Waals surface area (Å²) in [6.07, 6.45) is 8.59. The van der Waals surface area contributed by atoms with Gasteiger partial charge in [-0.05, 0) is 57.8 Å². The molecule has 2 unspecified atom stereocenters. The van der Waals surface area contributed by atoms with Crippen molar-refractivity contribution in [3.8, 4) is 0 Å². The fourth-order valence-electron chi connectivity index (χ4n) is 3.76. The molecule has 0 aromatic carbocycles. The molecule has 3 aliphatic rings. The standard InChI is InChI=1S/C16H30N2/c1-4-15(2)11-17-16(3,14-8-9-14)12-18(15)10-13-6-5-7-13/h13-14,17H,4-12H2,1-3H3. The Balaban J connectivity index is 1.70. The second kappa shape index (κ2) is 4.49. The molecule has 0 amide bonds. The summed E-state index contributed by atoms with van der Waals surface area (Å²) in [4.78, 5) is 2.84. The van der Waals surface area contributed by atoms with E-state index in [-0.39, 0.29) is 0 Å². The van der Waals surface area contributed by atoms with Gasteiger partial charge in [-0.1, -0.05) is 13.3 Å². The van der Waals surface area contributed by atoms with Gasteiger partial charge in [0, 0.05) is 30.7 Å². The summed E-state index contributed by atoms with van der Waals surface area (Å²) in [5.41, 5.74) is 0.794. The van der Waals surface area contributed by atoms with Crippen LogP contribution in [0.3, 0.4) is 0 Å². The highest BCUT2D eigenvalue weighted by atomic mass is 15.3. The molecule has 2 nitrogen and oxygen atoms in total. The predicted octanol–water partition coefficient (Wildman–Crippen LogP) is 3.03. The van der Waals surface area contributed by atoms with Gasteiger partial charge in [0.2, 0.25) is 0 Å². The minimum atomic E-state index is 0.393. The molecule has 1 saturated heterocycles. The Bertz CT molecular complexity index is 308. The third kappa shape index (κ3) is 2.22. The van der Waals surface area contributed by atoms with Gasteiger partial charge in [-0.3, -0.25) is 4.90 Å². The molecule has 18 heavy (non-hydrogen) atoms. The topological polar surface area (TPSA) is 15.3 Å². The lowest BCUT2D eigenvalue weighted by molar-refractivity contribution is -0.00896. The van der Waals surface area contributed by atoms with Crippen LogP contribution in [0, 0.1) is 11.8 Å². The van der Waals surface area contributed by atoms with Crippen molar-refractivity contribution in [2.24, 2.45) is 11.8 Å². The maximum atomic E-state index is 3.90.